The summed E-state index contributed by atoms with van der Waals surface area (Å²) in [5.41, 5.74) is 16.0. The SMILES string of the molecule is C[C@@H](Oc1cc(Br)cnc1N)c1cc(F)ccc1-c1ncc(F)cc1C/C(=C/NCC1CC1)N=N. The van der Waals surface area contributed by atoms with E-state index in [1.165, 1.54) is 31.0 Å². The van der Waals surface area contributed by atoms with E-state index in [9.17, 15) is 8.78 Å². The minimum Gasteiger partial charge on any atom is -0.482 e. The molecule has 2 heterocycles. The van der Waals surface area contributed by atoms with Crippen LogP contribution in [0.5, 0.6) is 5.75 Å². The molecule has 1 aliphatic carbocycles. The zero-order valence-corrected chi connectivity index (χ0v) is 20.6. The number of rotatable bonds is 10. The van der Waals surface area contributed by atoms with E-state index < -0.39 is 17.7 Å². The first-order chi connectivity index (χ1) is 16.8. The Kier molecular flexibility index (Phi) is 7.70. The summed E-state index contributed by atoms with van der Waals surface area (Å²) in [4.78, 5) is 8.38. The van der Waals surface area contributed by atoms with Gasteiger partial charge in [-0.2, -0.15) is 5.11 Å². The smallest absolute Gasteiger partial charge is 0.166 e. The molecule has 0 unspecified atom stereocenters. The number of pyridine rings is 2. The first-order valence-electron chi connectivity index (χ1n) is 11.2. The highest BCUT2D eigenvalue weighted by atomic mass is 79.9. The number of anilines is 1. The minimum absolute atomic E-state index is 0.176. The number of nitrogen functional groups attached to an aromatic ring is 1. The third kappa shape index (κ3) is 6.39. The molecule has 0 saturated heterocycles. The predicted octanol–water partition coefficient (Wildman–Crippen LogP) is 6.32. The second-order valence-electron chi connectivity index (χ2n) is 8.47. The van der Waals surface area contributed by atoms with Crippen molar-refractivity contribution in [3.63, 3.8) is 0 Å². The van der Waals surface area contributed by atoms with Gasteiger partial charge in [0.05, 0.1) is 17.6 Å². The molecule has 1 aromatic carbocycles. The van der Waals surface area contributed by atoms with Crippen LogP contribution in [0.1, 0.15) is 37.0 Å². The molecule has 1 saturated carbocycles. The van der Waals surface area contributed by atoms with Gasteiger partial charge in [0, 0.05) is 41.0 Å². The van der Waals surface area contributed by atoms with Crippen LogP contribution in [0.2, 0.25) is 0 Å². The first-order valence-corrected chi connectivity index (χ1v) is 11.9. The predicted molar refractivity (Wildman–Crippen MR) is 133 cm³/mol. The van der Waals surface area contributed by atoms with Crippen LogP contribution in [0.3, 0.4) is 0 Å². The van der Waals surface area contributed by atoms with Crippen LogP contribution in [-0.2, 0) is 6.42 Å². The summed E-state index contributed by atoms with van der Waals surface area (Å²) in [6, 6.07) is 7.30. The Bertz CT molecular complexity index is 1260. The molecule has 10 heteroatoms. The summed E-state index contributed by atoms with van der Waals surface area (Å²) in [6.45, 7) is 2.58. The Balaban J connectivity index is 1.68. The maximum absolute atomic E-state index is 14.3. The second-order valence-corrected chi connectivity index (χ2v) is 9.38. The average Bonchev–Trinajstić information content (AvgIpc) is 3.65. The lowest BCUT2D eigenvalue weighted by Gasteiger charge is -2.20. The van der Waals surface area contributed by atoms with Gasteiger partial charge in [0.2, 0.25) is 0 Å². The number of halogens is 3. The maximum atomic E-state index is 14.3. The van der Waals surface area contributed by atoms with E-state index in [1.54, 1.807) is 31.5 Å². The third-order valence-corrected chi connectivity index (χ3v) is 6.11. The van der Waals surface area contributed by atoms with Gasteiger partial charge in [0.1, 0.15) is 17.7 Å². The number of hydrogen-bond donors (Lipinski definition) is 3. The summed E-state index contributed by atoms with van der Waals surface area (Å²) >= 11 is 3.34. The minimum atomic E-state index is -0.630. The number of hydrogen-bond acceptors (Lipinski definition) is 7. The van der Waals surface area contributed by atoms with E-state index >= 15 is 0 Å². The lowest BCUT2D eigenvalue weighted by molar-refractivity contribution is 0.227. The average molecular weight is 543 g/mol. The number of benzene rings is 1. The van der Waals surface area contributed by atoms with Gasteiger partial charge in [0.15, 0.2) is 11.6 Å². The van der Waals surface area contributed by atoms with Gasteiger partial charge in [-0.15, -0.1) is 0 Å². The summed E-state index contributed by atoms with van der Waals surface area (Å²) < 4.78 is 35.2. The monoisotopic (exact) mass is 542 g/mol. The summed E-state index contributed by atoms with van der Waals surface area (Å²) in [6.07, 6.45) is 6.28. The molecular weight excluding hydrogens is 518 g/mol. The highest BCUT2D eigenvalue weighted by molar-refractivity contribution is 9.10. The van der Waals surface area contributed by atoms with Crippen LogP contribution >= 0.6 is 15.9 Å². The topological polar surface area (TPSA) is 109 Å². The normalized spacial score (nSPS) is 14.5. The van der Waals surface area contributed by atoms with Crippen LogP contribution in [0, 0.1) is 23.1 Å². The van der Waals surface area contributed by atoms with Crippen molar-refractivity contribution in [1.82, 2.24) is 15.3 Å². The molecule has 182 valence electrons. The van der Waals surface area contributed by atoms with Crippen LogP contribution < -0.4 is 15.8 Å². The Labute approximate surface area is 210 Å². The maximum Gasteiger partial charge on any atom is 0.166 e. The number of aromatic nitrogens is 2. The van der Waals surface area contributed by atoms with Crippen molar-refractivity contribution in [3.8, 4) is 17.0 Å². The third-order valence-electron chi connectivity index (χ3n) is 5.68. The van der Waals surface area contributed by atoms with Gasteiger partial charge in [-0.3, -0.25) is 4.98 Å². The number of ether oxygens (including phenoxy) is 1. The second kappa shape index (κ2) is 10.9. The fraction of sp³-hybridized carbons (Fsp3) is 0.280. The molecule has 35 heavy (non-hydrogen) atoms. The zero-order chi connectivity index (χ0) is 24.9. The van der Waals surface area contributed by atoms with Crippen molar-refractivity contribution in [2.75, 3.05) is 12.3 Å². The molecule has 0 bridgehead atoms. The first kappa shape index (κ1) is 24.7. The molecule has 0 spiro atoms. The number of allylic oxidation sites excluding steroid dienone is 1. The molecule has 3 aromatic rings. The van der Waals surface area contributed by atoms with E-state index in [4.69, 9.17) is 16.0 Å². The fourth-order valence-corrected chi connectivity index (χ4v) is 4.02. The van der Waals surface area contributed by atoms with E-state index in [2.05, 4.69) is 36.3 Å². The van der Waals surface area contributed by atoms with Crippen LogP contribution in [0.4, 0.5) is 14.6 Å². The van der Waals surface area contributed by atoms with E-state index in [-0.39, 0.29) is 12.2 Å². The van der Waals surface area contributed by atoms with Gasteiger partial charge >= 0.3 is 0 Å². The lowest BCUT2D eigenvalue weighted by atomic mass is 9.95. The Hall–Kier alpha value is -3.40. The van der Waals surface area contributed by atoms with Crippen molar-refractivity contribution in [3.05, 3.63) is 81.9 Å². The van der Waals surface area contributed by atoms with Crippen LogP contribution in [-0.4, -0.2) is 16.5 Å². The molecule has 1 aliphatic rings. The molecular formula is C25H25BrF2N6O. The van der Waals surface area contributed by atoms with Crippen LogP contribution in [0.25, 0.3) is 11.3 Å². The quantitative estimate of drug-likeness (QED) is 0.259. The molecule has 4 N–H and O–H groups in total. The number of nitrogens with two attached hydrogens (primary N) is 1. The van der Waals surface area contributed by atoms with E-state index in [0.717, 1.165) is 12.7 Å². The van der Waals surface area contributed by atoms with Gasteiger partial charge < -0.3 is 15.8 Å². The van der Waals surface area contributed by atoms with E-state index in [0.29, 0.717) is 44.2 Å². The van der Waals surface area contributed by atoms with Crippen molar-refractivity contribution in [2.45, 2.75) is 32.3 Å². The van der Waals surface area contributed by atoms with Gasteiger partial charge in [0.25, 0.3) is 0 Å². The summed E-state index contributed by atoms with van der Waals surface area (Å²) in [5, 5.41) is 6.78. The number of nitrogens with one attached hydrogen (secondary N) is 2. The molecule has 1 atom stereocenters. The summed E-state index contributed by atoms with van der Waals surface area (Å²) in [7, 11) is 0. The van der Waals surface area contributed by atoms with Crippen LogP contribution in [0.15, 0.2) is 64.2 Å². The number of nitrogens with zero attached hydrogens (tertiary/aromatic N) is 3. The molecule has 7 nitrogen and oxygen atoms in total. The highest BCUT2D eigenvalue weighted by Gasteiger charge is 2.21. The molecule has 0 amide bonds. The van der Waals surface area contributed by atoms with Crippen molar-refractivity contribution < 1.29 is 13.5 Å². The molecule has 0 radical (unpaired) electrons. The zero-order valence-electron chi connectivity index (χ0n) is 19.1. The lowest BCUT2D eigenvalue weighted by Crippen LogP contribution is -2.11. The highest BCUT2D eigenvalue weighted by Crippen LogP contribution is 2.35. The van der Waals surface area contributed by atoms with Gasteiger partial charge in [-0.05, 0) is 77.5 Å². The van der Waals surface area contributed by atoms with Crippen molar-refractivity contribution in [2.24, 2.45) is 11.0 Å². The van der Waals surface area contributed by atoms with E-state index in [1.807, 2.05) is 0 Å². The fourth-order valence-electron chi connectivity index (χ4n) is 3.71. The van der Waals surface area contributed by atoms with Gasteiger partial charge in [-0.1, -0.05) is 0 Å². The standard InChI is InChI=1S/C25H25BrF2N6O/c1-14(35-23-8-17(26)11-33-25(23)29)22-9-18(27)4-5-21(22)24-16(6-19(28)12-32-24)7-20(34-30)13-31-10-15-2-3-15/h4-6,8-9,11-15,30-31H,2-3,7,10H2,1H3,(H2,29,33)/b20-13-,34-30?/t14-/m1/s1. The molecule has 0 aliphatic heterocycles. The Morgan fingerprint density at radius 2 is 2.06 bits per heavy atom. The van der Waals surface area contributed by atoms with Crippen molar-refractivity contribution in [1.29, 1.82) is 5.53 Å². The van der Waals surface area contributed by atoms with Gasteiger partial charge in [-0.25, -0.2) is 19.3 Å². The summed E-state index contributed by atoms with van der Waals surface area (Å²) in [5.74, 6) is 0.232. The van der Waals surface area contributed by atoms with Crippen molar-refractivity contribution >= 4 is 21.7 Å². The largest absolute Gasteiger partial charge is 0.482 e. The molecule has 1 fully saturated rings. The molecule has 2 aromatic heterocycles. The molecule has 4 rings (SSSR count). The Morgan fingerprint density at radius 3 is 2.80 bits per heavy atom. The Morgan fingerprint density at radius 1 is 1.26 bits per heavy atom.